The smallest absolute Gasteiger partial charge is 0.122 e. The van der Waals surface area contributed by atoms with E-state index in [-0.39, 0.29) is 6.04 Å². The van der Waals surface area contributed by atoms with Crippen LogP contribution in [0.3, 0.4) is 0 Å². The first kappa shape index (κ1) is 12.2. The molecule has 1 N–H and O–H groups in total. The summed E-state index contributed by atoms with van der Waals surface area (Å²) < 4.78 is 5.57. The predicted molar refractivity (Wildman–Crippen MR) is 75.4 cm³/mol. The van der Waals surface area contributed by atoms with Crippen LogP contribution >= 0.6 is 0 Å². The Bertz CT molecular complexity index is 554. The van der Waals surface area contributed by atoms with E-state index in [1.807, 2.05) is 12.4 Å². The summed E-state index contributed by atoms with van der Waals surface area (Å²) in [6, 6.07) is 10.9. The molecule has 0 saturated carbocycles. The molecular formula is C16H18N2O. The largest absolute Gasteiger partial charge is 0.493 e. The SMILES string of the molecule is CCNC(c1ccncc1)c1ccc2c(c1)CCO2. The van der Waals surface area contributed by atoms with E-state index in [0.717, 1.165) is 25.3 Å². The number of aromatic nitrogens is 1. The molecule has 1 aromatic heterocycles. The molecular weight excluding hydrogens is 236 g/mol. The fourth-order valence-electron chi connectivity index (χ4n) is 2.57. The highest BCUT2D eigenvalue weighted by atomic mass is 16.5. The summed E-state index contributed by atoms with van der Waals surface area (Å²) in [6.07, 6.45) is 4.70. The topological polar surface area (TPSA) is 34.2 Å². The molecule has 3 heteroatoms. The van der Waals surface area contributed by atoms with Gasteiger partial charge in [-0.25, -0.2) is 0 Å². The van der Waals surface area contributed by atoms with Gasteiger partial charge < -0.3 is 10.1 Å². The normalized spacial score (nSPS) is 14.8. The molecule has 98 valence electrons. The molecule has 0 bridgehead atoms. The lowest BCUT2D eigenvalue weighted by Gasteiger charge is -2.19. The van der Waals surface area contributed by atoms with Gasteiger partial charge in [-0.2, -0.15) is 0 Å². The van der Waals surface area contributed by atoms with Gasteiger partial charge in [0.2, 0.25) is 0 Å². The number of hydrogen-bond donors (Lipinski definition) is 1. The number of rotatable bonds is 4. The maximum Gasteiger partial charge on any atom is 0.122 e. The number of pyridine rings is 1. The molecule has 0 saturated heterocycles. The van der Waals surface area contributed by atoms with Crippen LogP contribution in [0.5, 0.6) is 5.75 Å². The first-order valence-electron chi connectivity index (χ1n) is 6.77. The van der Waals surface area contributed by atoms with Crippen molar-refractivity contribution in [2.24, 2.45) is 0 Å². The Balaban J connectivity index is 1.96. The quantitative estimate of drug-likeness (QED) is 0.911. The van der Waals surface area contributed by atoms with Crippen molar-refractivity contribution in [3.8, 4) is 5.75 Å². The molecule has 1 aromatic carbocycles. The highest BCUT2D eigenvalue weighted by Gasteiger charge is 2.17. The lowest BCUT2D eigenvalue weighted by Crippen LogP contribution is -2.22. The zero-order valence-corrected chi connectivity index (χ0v) is 11.1. The Labute approximate surface area is 113 Å². The summed E-state index contributed by atoms with van der Waals surface area (Å²) in [5, 5.41) is 3.54. The van der Waals surface area contributed by atoms with Crippen LogP contribution in [0.1, 0.15) is 29.7 Å². The molecule has 19 heavy (non-hydrogen) atoms. The number of fused-ring (bicyclic) bond motifs is 1. The minimum absolute atomic E-state index is 0.221. The minimum atomic E-state index is 0.221. The Morgan fingerprint density at radius 1 is 1.21 bits per heavy atom. The van der Waals surface area contributed by atoms with Crippen molar-refractivity contribution >= 4 is 0 Å². The summed E-state index contributed by atoms with van der Waals surface area (Å²) in [5.74, 6) is 1.04. The van der Waals surface area contributed by atoms with Crippen LogP contribution in [0, 0.1) is 0 Å². The molecule has 3 rings (SSSR count). The number of benzene rings is 1. The van der Waals surface area contributed by atoms with E-state index in [0.29, 0.717) is 0 Å². The van der Waals surface area contributed by atoms with Gasteiger partial charge in [-0.1, -0.05) is 19.1 Å². The van der Waals surface area contributed by atoms with E-state index in [4.69, 9.17) is 4.74 Å². The first-order chi connectivity index (χ1) is 9.38. The Morgan fingerprint density at radius 3 is 2.84 bits per heavy atom. The fourth-order valence-corrected chi connectivity index (χ4v) is 2.57. The average Bonchev–Trinajstić information content (AvgIpc) is 2.93. The van der Waals surface area contributed by atoms with Crippen LogP contribution in [-0.4, -0.2) is 18.1 Å². The van der Waals surface area contributed by atoms with E-state index in [2.05, 4.69) is 47.6 Å². The van der Waals surface area contributed by atoms with Gasteiger partial charge in [-0.15, -0.1) is 0 Å². The van der Waals surface area contributed by atoms with Gasteiger partial charge in [0.15, 0.2) is 0 Å². The summed E-state index contributed by atoms with van der Waals surface area (Å²) >= 11 is 0. The second kappa shape index (κ2) is 5.41. The van der Waals surface area contributed by atoms with Gasteiger partial charge in [-0.05, 0) is 41.4 Å². The second-order valence-corrected chi connectivity index (χ2v) is 4.74. The number of nitrogens with one attached hydrogen (secondary N) is 1. The van der Waals surface area contributed by atoms with E-state index < -0.39 is 0 Å². The van der Waals surface area contributed by atoms with Gasteiger partial charge in [0, 0.05) is 18.8 Å². The van der Waals surface area contributed by atoms with E-state index in [9.17, 15) is 0 Å². The van der Waals surface area contributed by atoms with Crippen molar-refractivity contribution in [1.82, 2.24) is 10.3 Å². The van der Waals surface area contributed by atoms with Crippen molar-refractivity contribution in [1.29, 1.82) is 0 Å². The molecule has 1 aliphatic heterocycles. The lowest BCUT2D eigenvalue weighted by molar-refractivity contribution is 0.357. The van der Waals surface area contributed by atoms with E-state index in [1.54, 1.807) is 0 Å². The third-order valence-electron chi connectivity index (χ3n) is 3.49. The maximum atomic E-state index is 5.57. The lowest BCUT2D eigenvalue weighted by atomic mass is 9.97. The predicted octanol–water partition coefficient (Wildman–Crippen LogP) is 2.72. The van der Waals surface area contributed by atoms with Crippen LogP contribution in [-0.2, 0) is 6.42 Å². The van der Waals surface area contributed by atoms with Crippen molar-refractivity contribution in [3.63, 3.8) is 0 Å². The highest BCUT2D eigenvalue weighted by molar-refractivity contribution is 5.43. The van der Waals surface area contributed by atoms with E-state index >= 15 is 0 Å². The summed E-state index contributed by atoms with van der Waals surface area (Å²) in [5.41, 5.74) is 3.85. The Morgan fingerprint density at radius 2 is 2.05 bits per heavy atom. The van der Waals surface area contributed by atoms with Crippen LogP contribution < -0.4 is 10.1 Å². The maximum absolute atomic E-state index is 5.57. The molecule has 0 amide bonds. The number of ether oxygens (including phenoxy) is 1. The van der Waals surface area contributed by atoms with Gasteiger partial charge in [-0.3, -0.25) is 4.98 Å². The molecule has 0 radical (unpaired) electrons. The van der Waals surface area contributed by atoms with Crippen LogP contribution in [0.2, 0.25) is 0 Å². The first-order valence-corrected chi connectivity index (χ1v) is 6.77. The number of hydrogen-bond acceptors (Lipinski definition) is 3. The number of nitrogens with zero attached hydrogens (tertiary/aromatic N) is 1. The van der Waals surface area contributed by atoms with Gasteiger partial charge in [0.1, 0.15) is 5.75 Å². The van der Waals surface area contributed by atoms with Gasteiger partial charge in [0.25, 0.3) is 0 Å². The Kier molecular flexibility index (Phi) is 3.47. The highest BCUT2D eigenvalue weighted by Crippen LogP contribution is 2.30. The summed E-state index contributed by atoms with van der Waals surface area (Å²) in [6.45, 7) is 3.87. The third-order valence-corrected chi connectivity index (χ3v) is 3.49. The zero-order valence-electron chi connectivity index (χ0n) is 11.1. The summed E-state index contributed by atoms with van der Waals surface area (Å²) in [4.78, 5) is 4.09. The molecule has 2 heterocycles. The van der Waals surface area contributed by atoms with Crippen LogP contribution in [0.15, 0.2) is 42.7 Å². The van der Waals surface area contributed by atoms with Crippen LogP contribution in [0.4, 0.5) is 0 Å². The third kappa shape index (κ3) is 2.47. The fraction of sp³-hybridized carbons (Fsp3) is 0.312. The Hall–Kier alpha value is -1.87. The molecule has 1 atom stereocenters. The molecule has 1 aliphatic rings. The standard InChI is InChI=1S/C16H18N2O/c1-2-18-16(12-5-8-17-9-6-12)14-3-4-15-13(11-14)7-10-19-15/h3-6,8-9,11,16,18H,2,7,10H2,1H3. The van der Waals surface area contributed by atoms with Gasteiger partial charge >= 0.3 is 0 Å². The monoisotopic (exact) mass is 254 g/mol. The minimum Gasteiger partial charge on any atom is -0.493 e. The second-order valence-electron chi connectivity index (χ2n) is 4.74. The molecule has 0 aliphatic carbocycles. The van der Waals surface area contributed by atoms with Crippen molar-refractivity contribution < 1.29 is 4.74 Å². The molecule has 0 fully saturated rings. The van der Waals surface area contributed by atoms with Crippen molar-refractivity contribution in [2.45, 2.75) is 19.4 Å². The molecule has 1 unspecified atom stereocenters. The van der Waals surface area contributed by atoms with E-state index in [1.165, 1.54) is 16.7 Å². The van der Waals surface area contributed by atoms with Crippen molar-refractivity contribution in [2.75, 3.05) is 13.2 Å². The van der Waals surface area contributed by atoms with Crippen LogP contribution in [0.25, 0.3) is 0 Å². The molecule has 0 spiro atoms. The molecule has 3 nitrogen and oxygen atoms in total. The summed E-state index contributed by atoms with van der Waals surface area (Å²) in [7, 11) is 0. The van der Waals surface area contributed by atoms with Gasteiger partial charge in [0.05, 0.1) is 12.6 Å². The average molecular weight is 254 g/mol. The van der Waals surface area contributed by atoms with Crippen molar-refractivity contribution in [3.05, 3.63) is 59.4 Å². The molecule has 2 aromatic rings. The zero-order chi connectivity index (χ0) is 13.1.